The summed E-state index contributed by atoms with van der Waals surface area (Å²) in [4.78, 5) is 23.1. The Morgan fingerprint density at radius 3 is 2.42 bits per heavy atom. The van der Waals surface area contributed by atoms with Crippen LogP contribution in [0.5, 0.6) is 0 Å². The number of nitrogens with zero attached hydrogens (tertiary/aromatic N) is 2. The van der Waals surface area contributed by atoms with Crippen LogP contribution in [-0.4, -0.2) is 27.6 Å². The third-order valence-corrected chi connectivity index (χ3v) is 3.10. The van der Waals surface area contributed by atoms with Crippen LogP contribution in [0.4, 0.5) is 5.69 Å². The van der Waals surface area contributed by atoms with Crippen molar-refractivity contribution in [1.29, 1.82) is 0 Å². The molecule has 0 aromatic carbocycles. The van der Waals surface area contributed by atoms with Crippen LogP contribution in [-0.2, 0) is 4.79 Å². The molecule has 1 aromatic heterocycles. The Kier molecular flexibility index (Phi) is 4.91. The van der Waals surface area contributed by atoms with E-state index in [1.54, 1.807) is 6.92 Å². The minimum Gasteiger partial charge on any atom is -0.396 e. The Bertz CT molecular complexity index is 465. The van der Waals surface area contributed by atoms with Crippen LogP contribution in [0, 0.1) is 0 Å². The maximum Gasteiger partial charge on any atom is 0.271 e. The van der Waals surface area contributed by atoms with Crippen LogP contribution in [0.1, 0.15) is 50.1 Å². The molecule has 0 spiro atoms. The smallest absolute Gasteiger partial charge is 0.271 e. The minimum absolute atomic E-state index is 0.0119. The Morgan fingerprint density at radius 1 is 1.42 bits per heavy atom. The molecular weight excluding hydrogens is 246 g/mol. The zero-order chi connectivity index (χ0) is 14.6. The normalized spacial score (nSPS) is 12.4. The zero-order valence-electron chi connectivity index (χ0n) is 11.5. The standard InChI is InChI=1S/C12H21N5O2/c1-4-8(5-2)15-12(19)7(3)17-6-9(13)10(16-17)11(14)18/h6-8H,4-5,13H2,1-3H3,(H2,14,18)(H,15,19). The van der Waals surface area contributed by atoms with Crippen LogP contribution in [0.25, 0.3) is 0 Å². The summed E-state index contributed by atoms with van der Waals surface area (Å²) in [6.45, 7) is 5.71. The molecule has 1 unspecified atom stereocenters. The van der Waals surface area contributed by atoms with Gasteiger partial charge in [-0.1, -0.05) is 13.8 Å². The van der Waals surface area contributed by atoms with Gasteiger partial charge in [0.15, 0.2) is 5.69 Å². The number of nitrogens with two attached hydrogens (primary N) is 2. The van der Waals surface area contributed by atoms with Crippen molar-refractivity contribution in [3.05, 3.63) is 11.9 Å². The van der Waals surface area contributed by atoms with Gasteiger partial charge in [0, 0.05) is 12.2 Å². The molecule has 0 saturated carbocycles. The van der Waals surface area contributed by atoms with Crippen molar-refractivity contribution in [2.24, 2.45) is 5.73 Å². The number of hydrogen-bond acceptors (Lipinski definition) is 4. The average Bonchev–Trinajstić information content (AvgIpc) is 2.76. The predicted octanol–water partition coefficient (Wildman–Crippen LogP) is 0.430. The summed E-state index contributed by atoms with van der Waals surface area (Å²) in [5.41, 5.74) is 10.9. The number of carbonyl (C=O) groups is 2. The van der Waals surface area contributed by atoms with Crippen LogP contribution in [0.15, 0.2) is 6.20 Å². The van der Waals surface area contributed by atoms with Gasteiger partial charge in [-0.05, 0) is 19.8 Å². The lowest BCUT2D eigenvalue weighted by atomic mass is 10.1. The first-order valence-corrected chi connectivity index (χ1v) is 6.35. The third-order valence-electron chi connectivity index (χ3n) is 3.10. The Balaban J connectivity index is 2.82. The third kappa shape index (κ3) is 3.46. The van der Waals surface area contributed by atoms with Gasteiger partial charge in [0.25, 0.3) is 5.91 Å². The second-order valence-electron chi connectivity index (χ2n) is 4.48. The molecule has 1 rings (SSSR count). The van der Waals surface area contributed by atoms with Crippen molar-refractivity contribution in [2.75, 3.05) is 5.73 Å². The average molecular weight is 267 g/mol. The highest BCUT2D eigenvalue weighted by molar-refractivity contribution is 5.95. The first-order chi connectivity index (χ1) is 8.90. The summed E-state index contributed by atoms with van der Waals surface area (Å²) in [6.07, 6.45) is 3.17. The van der Waals surface area contributed by atoms with E-state index < -0.39 is 11.9 Å². The monoisotopic (exact) mass is 267 g/mol. The fourth-order valence-corrected chi connectivity index (χ4v) is 1.73. The number of amides is 2. The molecule has 1 aromatic rings. The molecule has 1 heterocycles. The Morgan fingerprint density at radius 2 is 2.00 bits per heavy atom. The first kappa shape index (κ1) is 15.0. The molecular formula is C12H21N5O2. The maximum atomic E-state index is 12.0. The molecule has 7 heteroatoms. The van der Waals surface area contributed by atoms with E-state index >= 15 is 0 Å². The molecule has 0 saturated heterocycles. The number of anilines is 1. The van der Waals surface area contributed by atoms with Crippen LogP contribution >= 0.6 is 0 Å². The number of rotatable bonds is 6. The van der Waals surface area contributed by atoms with Gasteiger partial charge in [-0.25, -0.2) is 0 Å². The molecule has 0 aliphatic heterocycles. The highest BCUT2D eigenvalue weighted by atomic mass is 16.2. The lowest BCUT2D eigenvalue weighted by Crippen LogP contribution is -2.38. The number of aromatic nitrogens is 2. The first-order valence-electron chi connectivity index (χ1n) is 6.35. The topological polar surface area (TPSA) is 116 Å². The molecule has 7 nitrogen and oxygen atoms in total. The molecule has 0 bridgehead atoms. The van der Waals surface area contributed by atoms with E-state index in [-0.39, 0.29) is 23.3 Å². The van der Waals surface area contributed by atoms with Crippen LogP contribution in [0.3, 0.4) is 0 Å². The number of carbonyl (C=O) groups excluding carboxylic acids is 2. The SMILES string of the molecule is CCC(CC)NC(=O)C(C)n1cc(N)c(C(N)=O)n1. The van der Waals surface area contributed by atoms with E-state index in [0.717, 1.165) is 12.8 Å². The van der Waals surface area contributed by atoms with Gasteiger partial charge in [0.1, 0.15) is 6.04 Å². The summed E-state index contributed by atoms with van der Waals surface area (Å²) < 4.78 is 1.35. The number of hydrogen-bond donors (Lipinski definition) is 3. The Labute approximate surface area is 112 Å². The van der Waals surface area contributed by atoms with Crippen molar-refractivity contribution < 1.29 is 9.59 Å². The quantitative estimate of drug-likeness (QED) is 0.693. The minimum atomic E-state index is -0.705. The number of nitrogen functional groups attached to an aromatic ring is 1. The van der Waals surface area contributed by atoms with Gasteiger partial charge in [-0.2, -0.15) is 5.10 Å². The van der Waals surface area contributed by atoms with Gasteiger partial charge >= 0.3 is 0 Å². The highest BCUT2D eigenvalue weighted by Gasteiger charge is 2.21. The van der Waals surface area contributed by atoms with Crippen molar-refractivity contribution in [3.8, 4) is 0 Å². The lowest BCUT2D eigenvalue weighted by Gasteiger charge is -2.18. The van der Waals surface area contributed by atoms with Crippen molar-refractivity contribution in [3.63, 3.8) is 0 Å². The molecule has 0 aliphatic carbocycles. The molecule has 0 aliphatic rings. The van der Waals surface area contributed by atoms with Crippen molar-refractivity contribution in [1.82, 2.24) is 15.1 Å². The van der Waals surface area contributed by atoms with Crippen LogP contribution < -0.4 is 16.8 Å². The maximum absolute atomic E-state index is 12.0. The Hall–Kier alpha value is -2.05. The summed E-state index contributed by atoms with van der Waals surface area (Å²) in [6, 6.07) is -0.408. The van der Waals surface area contributed by atoms with E-state index in [1.165, 1.54) is 10.9 Å². The van der Waals surface area contributed by atoms with E-state index in [1.807, 2.05) is 13.8 Å². The van der Waals surface area contributed by atoms with Gasteiger partial charge < -0.3 is 16.8 Å². The van der Waals surface area contributed by atoms with Gasteiger partial charge in [0.05, 0.1) is 5.69 Å². The van der Waals surface area contributed by atoms with Gasteiger partial charge in [-0.15, -0.1) is 0 Å². The second-order valence-corrected chi connectivity index (χ2v) is 4.48. The summed E-state index contributed by atoms with van der Waals surface area (Å²) in [7, 11) is 0. The zero-order valence-corrected chi connectivity index (χ0v) is 11.5. The van der Waals surface area contributed by atoms with Gasteiger partial charge in [-0.3, -0.25) is 14.3 Å². The summed E-state index contributed by atoms with van der Waals surface area (Å²) >= 11 is 0. The van der Waals surface area contributed by atoms with E-state index in [0.29, 0.717) is 0 Å². The molecule has 19 heavy (non-hydrogen) atoms. The predicted molar refractivity (Wildman–Crippen MR) is 72.4 cm³/mol. The summed E-state index contributed by atoms with van der Waals surface area (Å²) in [5, 5.41) is 6.86. The van der Waals surface area contributed by atoms with Crippen molar-refractivity contribution in [2.45, 2.75) is 45.7 Å². The van der Waals surface area contributed by atoms with E-state index in [9.17, 15) is 9.59 Å². The summed E-state index contributed by atoms with van der Waals surface area (Å²) in [5.74, 6) is -0.865. The molecule has 5 N–H and O–H groups in total. The molecule has 2 amide bonds. The molecule has 106 valence electrons. The number of primary amides is 1. The lowest BCUT2D eigenvalue weighted by molar-refractivity contribution is -0.124. The van der Waals surface area contributed by atoms with E-state index in [4.69, 9.17) is 11.5 Å². The molecule has 0 fully saturated rings. The fourth-order valence-electron chi connectivity index (χ4n) is 1.73. The van der Waals surface area contributed by atoms with Crippen LogP contribution in [0.2, 0.25) is 0 Å². The van der Waals surface area contributed by atoms with Gasteiger partial charge in [0.2, 0.25) is 5.91 Å². The second kappa shape index (κ2) is 6.21. The highest BCUT2D eigenvalue weighted by Crippen LogP contribution is 2.13. The molecule has 1 atom stereocenters. The number of nitrogens with one attached hydrogen (secondary N) is 1. The van der Waals surface area contributed by atoms with Crippen molar-refractivity contribution >= 4 is 17.5 Å². The fraction of sp³-hybridized carbons (Fsp3) is 0.583. The van der Waals surface area contributed by atoms with E-state index in [2.05, 4.69) is 10.4 Å². The largest absolute Gasteiger partial charge is 0.396 e. The molecule has 0 radical (unpaired) electrons.